The van der Waals surface area contributed by atoms with Gasteiger partial charge in [0.15, 0.2) is 0 Å². The molecule has 0 aromatic carbocycles. The number of nitrogens with zero attached hydrogens (tertiary/aromatic N) is 1. The molecule has 0 radical (unpaired) electrons. The highest BCUT2D eigenvalue weighted by atomic mass is 79.9. The summed E-state index contributed by atoms with van der Waals surface area (Å²) in [5.74, 6) is 0.387. The number of halogens is 4. The van der Waals surface area contributed by atoms with E-state index in [-0.39, 0.29) is 6.54 Å². The first kappa shape index (κ1) is 13.2. The highest BCUT2D eigenvalue weighted by molar-refractivity contribution is 9.09. The van der Waals surface area contributed by atoms with Crippen molar-refractivity contribution in [1.82, 2.24) is 4.90 Å². The van der Waals surface area contributed by atoms with Gasteiger partial charge in [0.2, 0.25) is 0 Å². The van der Waals surface area contributed by atoms with Crippen molar-refractivity contribution in [2.75, 3.05) is 20.1 Å². The predicted octanol–water partition coefficient (Wildman–Crippen LogP) is 2.90. The maximum atomic E-state index is 12.1. The first-order chi connectivity index (χ1) is 5.73. The van der Waals surface area contributed by atoms with Gasteiger partial charge in [0.05, 0.1) is 0 Å². The Bertz CT molecular complexity index is 147. The molecular formula is C8H15BrF3N. The predicted molar refractivity (Wildman–Crippen MR) is 51.1 cm³/mol. The van der Waals surface area contributed by atoms with E-state index in [1.54, 1.807) is 11.9 Å². The lowest BCUT2D eigenvalue weighted by molar-refractivity contribution is -0.130. The molecule has 0 spiro atoms. The van der Waals surface area contributed by atoms with Crippen molar-refractivity contribution in [3.8, 4) is 0 Å². The second-order valence-corrected chi connectivity index (χ2v) is 4.73. The van der Waals surface area contributed by atoms with E-state index in [9.17, 15) is 13.2 Å². The van der Waals surface area contributed by atoms with Crippen molar-refractivity contribution in [3.05, 3.63) is 0 Å². The van der Waals surface area contributed by atoms with Crippen molar-refractivity contribution in [1.29, 1.82) is 0 Å². The highest BCUT2D eigenvalue weighted by Gasteiger charge is 2.38. The molecule has 0 heterocycles. The lowest BCUT2D eigenvalue weighted by Gasteiger charge is -2.23. The Morgan fingerprint density at radius 3 is 2.00 bits per heavy atom. The average molecular weight is 262 g/mol. The molecule has 0 aliphatic rings. The zero-order valence-electron chi connectivity index (χ0n) is 8.03. The molecule has 5 heteroatoms. The van der Waals surface area contributed by atoms with E-state index in [0.29, 0.717) is 12.5 Å². The normalized spacial score (nSPS) is 15.5. The van der Waals surface area contributed by atoms with Crippen molar-refractivity contribution >= 4 is 15.9 Å². The fourth-order valence-corrected chi connectivity index (χ4v) is 1.57. The van der Waals surface area contributed by atoms with Crippen LogP contribution in [0, 0.1) is 5.92 Å². The summed E-state index contributed by atoms with van der Waals surface area (Å²) < 4.78 is 36.2. The minimum Gasteiger partial charge on any atom is -0.305 e. The third-order valence-electron chi connectivity index (χ3n) is 1.50. The smallest absolute Gasteiger partial charge is 0.305 e. The van der Waals surface area contributed by atoms with Crippen LogP contribution < -0.4 is 0 Å². The van der Waals surface area contributed by atoms with Crippen molar-refractivity contribution < 1.29 is 13.2 Å². The Hall–Kier alpha value is 0.230. The molecule has 0 aromatic rings. The standard InChI is InChI=1S/C8H15BrF3N/c1-6(2)4-13(3)5-7(9)8(10,11)12/h6-7H,4-5H2,1-3H3. The second-order valence-electron chi connectivity index (χ2n) is 3.62. The van der Waals surface area contributed by atoms with E-state index in [1.807, 2.05) is 13.8 Å². The molecule has 0 aliphatic heterocycles. The average Bonchev–Trinajstić information content (AvgIpc) is 1.82. The van der Waals surface area contributed by atoms with Gasteiger partial charge < -0.3 is 4.90 Å². The summed E-state index contributed by atoms with van der Waals surface area (Å²) in [6.07, 6.45) is -4.15. The fourth-order valence-electron chi connectivity index (χ4n) is 1.08. The van der Waals surface area contributed by atoms with Gasteiger partial charge in [0.1, 0.15) is 4.83 Å². The molecule has 0 aromatic heterocycles. The molecule has 13 heavy (non-hydrogen) atoms. The van der Waals surface area contributed by atoms with Gasteiger partial charge in [-0.15, -0.1) is 0 Å². The quantitative estimate of drug-likeness (QED) is 0.704. The number of alkyl halides is 4. The molecule has 0 saturated heterocycles. The van der Waals surface area contributed by atoms with E-state index in [2.05, 4.69) is 15.9 Å². The van der Waals surface area contributed by atoms with Gasteiger partial charge in [-0.2, -0.15) is 13.2 Å². The van der Waals surface area contributed by atoms with Crippen LogP contribution in [0.4, 0.5) is 13.2 Å². The molecule has 1 atom stereocenters. The fraction of sp³-hybridized carbons (Fsp3) is 1.00. The number of hydrogen-bond donors (Lipinski definition) is 0. The molecular weight excluding hydrogens is 247 g/mol. The molecule has 80 valence electrons. The van der Waals surface area contributed by atoms with Gasteiger partial charge in [0, 0.05) is 13.1 Å². The first-order valence-corrected chi connectivity index (χ1v) is 5.04. The largest absolute Gasteiger partial charge is 0.402 e. The molecule has 0 amide bonds. The molecule has 1 unspecified atom stereocenters. The lowest BCUT2D eigenvalue weighted by Crippen LogP contribution is -2.36. The van der Waals surface area contributed by atoms with E-state index < -0.39 is 11.0 Å². The second kappa shape index (κ2) is 5.20. The van der Waals surface area contributed by atoms with Gasteiger partial charge >= 0.3 is 6.18 Å². The maximum absolute atomic E-state index is 12.1. The Balaban J connectivity index is 3.85. The SMILES string of the molecule is CC(C)CN(C)CC(Br)C(F)(F)F. The number of rotatable bonds is 4. The lowest BCUT2D eigenvalue weighted by atomic mass is 10.2. The third kappa shape index (κ3) is 6.32. The molecule has 0 bridgehead atoms. The van der Waals surface area contributed by atoms with Gasteiger partial charge in [0.25, 0.3) is 0 Å². The molecule has 0 fully saturated rings. The maximum Gasteiger partial charge on any atom is 0.402 e. The summed E-state index contributed by atoms with van der Waals surface area (Å²) in [5, 5.41) is 0. The Morgan fingerprint density at radius 1 is 1.23 bits per heavy atom. The van der Waals surface area contributed by atoms with Crippen LogP contribution in [0.2, 0.25) is 0 Å². The van der Waals surface area contributed by atoms with Gasteiger partial charge in [-0.3, -0.25) is 0 Å². The first-order valence-electron chi connectivity index (χ1n) is 4.12. The Labute approximate surface area is 85.4 Å². The summed E-state index contributed by atoms with van der Waals surface area (Å²) >= 11 is 2.62. The summed E-state index contributed by atoms with van der Waals surface area (Å²) in [4.78, 5) is 0.251. The van der Waals surface area contributed by atoms with Crippen molar-refractivity contribution in [2.45, 2.75) is 24.9 Å². The van der Waals surface area contributed by atoms with Crippen LogP contribution in [-0.2, 0) is 0 Å². The van der Waals surface area contributed by atoms with Crippen LogP contribution in [0.5, 0.6) is 0 Å². The van der Waals surface area contributed by atoms with Gasteiger partial charge in [-0.25, -0.2) is 0 Å². The van der Waals surface area contributed by atoms with E-state index in [4.69, 9.17) is 0 Å². The van der Waals surface area contributed by atoms with E-state index >= 15 is 0 Å². The molecule has 1 nitrogen and oxygen atoms in total. The van der Waals surface area contributed by atoms with E-state index in [1.165, 1.54) is 0 Å². The molecule has 0 N–H and O–H groups in total. The molecule has 0 aliphatic carbocycles. The van der Waals surface area contributed by atoms with Crippen LogP contribution in [0.1, 0.15) is 13.8 Å². The summed E-state index contributed by atoms with van der Waals surface area (Å²) in [6, 6.07) is 0. The third-order valence-corrected chi connectivity index (χ3v) is 2.31. The Morgan fingerprint density at radius 2 is 1.69 bits per heavy atom. The van der Waals surface area contributed by atoms with Gasteiger partial charge in [-0.1, -0.05) is 29.8 Å². The van der Waals surface area contributed by atoms with Crippen LogP contribution in [-0.4, -0.2) is 36.0 Å². The molecule has 0 saturated carbocycles. The van der Waals surface area contributed by atoms with E-state index in [0.717, 1.165) is 0 Å². The van der Waals surface area contributed by atoms with Crippen molar-refractivity contribution in [3.63, 3.8) is 0 Å². The minimum atomic E-state index is -4.15. The Kier molecular flexibility index (Phi) is 5.29. The summed E-state index contributed by atoms with van der Waals surface area (Å²) in [6.45, 7) is 4.64. The van der Waals surface area contributed by atoms with Gasteiger partial charge in [-0.05, 0) is 13.0 Å². The molecule has 0 rings (SSSR count). The monoisotopic (exact) mass is 261 g/mol. The van der Waals surface area contributed by atoms with Crippen LogP contribution in [0.25, 0.3) is 0 Å². The zero-order valence-corrected chi connectivity index (χ0v) is 9.61. The van der Waals surface area contributed by atoms with Crippen LogP contribution >= 0.6 is 15.9 Å². The highest BCUT2D eigenvalue weighted by Crippen LogP contribution is 2.26. The van der Waals surface area contributed by atoms with Crippen molar-refractivity contribution in [2.24, 2.45) is 5.92 Å². The zero-order chi connectivity index (χ0) is 10.6. The minimum absolute atomic E-state index is 0.00167. The number of hydrogen-bond acceptors (Lipinski definition) is 1. The van der Waals surface area contributed by atoms with Crippen LogP contribution in [0.3, 0.4) is 0 Å². The van der Waals surface area contributed by atoms with Crippen LogP contribution in [0.15, 0.2) is 0 Å². The summed E-state index contributed by atoms with van der Waals surface area (Å²) in [7, 11) is 1.69. The summed E-state index contributed by atoms with van der Waals surface area (Å²) in [5.41, 5.74) is 0. The topological polar surface area (TPSA) is 3.24 Å².